The second kappa shape index (κ2) is 6.53. The summed E-state index contributed by atoms with van der Waals surface area (Å²) in [5.41, 5.74) is 1.16. The molecule has 0 spiro atoms. The van der Waals surface area contributed by atoms with E-state index in [4.69, 9.17) is 14.7 Å². The average molecular weight is 245 g/mol. The highest BCUT2D eigenvalue weighted by molar-refractivity contribution is 5.13. The van der Waals surface area contributed by atoms with Crippen LogP contribution in [0.25, 0.3) is 0 Å². The van der Waals surface area contributed by atoms with Gasteiger partial charge in [0.15, 0.2) is 0 Å². The number of ether oxygens (including phenoxy) is 2. The third kappa shape index (κ3) is 3.56. The topological polar surface area (TPSA) is 42.2 Å². The van der Waals surface area contributed by atoms with Crippen molar-refractivity contribution in [2.45, 2.75) is 51.1 Å². The minimum atomic E-state index is -0.0811. The highest BCUT2D eigenvalue weighted by atomic mass is 16.5. The first-order valence-electron chi connectivity index (χ1n) is 6.47. The summed E-state index contributed by atoms with van der Waals surface area (Å²) in [4.78, 5) is 0. The van der Waals surface area contributed by atoms with Crippen molar-refractivity contribution in [2.75, 3.05) is 0 Å². The molecule has 1 aromatic carbocycles. The number of hydrogen-bond donors (Lipinski definition) is 0. The van der Waals surface area contributed by atoms with Crippen molar-refractivity contribution >= 4 is 0 Å². The van der Waals surface area contributed by atoms with Gasteiger partial charge in [-0.05, 0) is 25.3 Å². The third-order valence-electron chi connectivity index (χ3n) is 3.28. The summed E-state index contributed by atoms with van der Waals surface area (Å²) in [6, 6.07) is 12.3. The summed E-state index contributed by atoms with van der Waals surface area (Å²) in [5.74, 6) is 0. The zero-order chi connectivity index (χ0) is 12.8. The Labute approximate surface area is 108 Å². The Morgan fingerprint density at radius 3 is 2.83 bits per heavy atom. The lowest BCUT2D eigenvalue weighted by atomic mass is 9.99. The quantitative estimate of drug-likeness (QED) is 0.818. The van der Waals surface area contributed by atoms with Gasteiger partial charge in [-0.3, -0.25) is 0 Å². The lowest BCUT2D eigenvalue weighted by Crippen LogP contribution is -2.39. The number of nitrogens with zero attached hydrogens (tertiary/aromatic N) is 1. The molecule has 3 heteroatoms. The molecular formula is C15H19NO2. The summed E-state index contributed by atoms with van der Waals surface area (Å²) in [6.45, 7) is 2.64. The van der Waals surface area contributed by atoms with Crippen molar-refractivity contribution in [3.63, 3.8) is 0 Å². The molecule has 0 bridgehead atoms. The van der Waals surface area contributed by atoms with E-state index in [1.54, 1.807) is 0 Å². The molecule has 0 saturated carbocycles. The average Bonchev–Trinajstić information content (AvgIpc) is 2.39. The van der Waals surface area contributed by atoms with Crippen molar-refractivity contribution in [3.05, 3.63) is 35.9 Å². The van der Waals surface area contributed by atoms with Crippen LogP contribution < -0.4 is 0 Å². The zero-order valence-electron chi connectivity index (χ0n) is 10.7. The Balaban J connectivity index is 1.89. The van der Waals surface area contributed by atoms with Crippen LogP contribution in [0.1, 0.15) is 31.7 Å². The lowest BCUT2D eigenvalue weighted by Gasteiger charge is -2.34. The van der Waals surface area contributed by atoms with Gasteiger partial charge >= 0.3 is 0 Å². The molecule has 1 aromatic rings. The maximum Gasteiger partial charge on any atom is 0.0969 e. The van der Waals surface area contributed by atoms with Gasteiger partial charge in [-0.1, -0.05) is 30.3 Å². The number of benzene rings is 1. The summed E-state index contributed by atoms with van der Waals surface area (Å²) >= 11 is 0. The zero-order valence-corrected chi connectivity index (χ0v) is 10.7. The van der Waals surface area contributed by atoms with E-state index in [1.807, 2.05) is 30.3 Å². The first-order valence-corrected chi connectivity index (χ1v) is 6.47. The molecular weight excluding hydrogens is 226 g/mol. The Hall–Kier alpha value is -1.37. The van der Waals surface area contributed by atoms with Gasteiger partial charge in [0.2, 0.25) is 0 Å². The minimum absolute atomic E-state index is 0.0426. The predicted molar refractivity (Wildman–Crippen MR) is 68.8 cm³/mol. The molecule has 1 saturated heterocycles. The number of hydrogen-bond acceptors (Lipinski definition) is 3. The summed E-state index contributed by atoms with van der Waals surface area (Å²) in [5, 5.41) is 8.82. The van der Waals surface area contributed by atoms with Gasteiger partial charge in [0.05, 0.1) is 37.4 Å². The van der Waals surface area contributed by atoms with Crippen LogP contribution in [0, 0.1) is 11.3 Å². The molecule has 0 aromatic heterocycles. The lowest BCUT2D eigenvalue weighted by molar-refractivity contribution is -0.136. The maximum atomic E-state index is 8.82. The normalized spacial score (nSPS) is 27.7. The largest absolute Gasteiger partial charge is 0.371 e. The van der Waals surface area contributed by atoms with Crippen molar-refractivity contribution < 1.29 is 9.47 Å². The monoisotopic (exact) mass is 245 g/mol. The third-order valence-corrected chi connectivity index (χ3v) is 3.28. The van der Waals surface area contributed by atoms with Crippen molar-refractivity contribution in [1.82, 2.24) is 0 Å². The van der Waals surface area contributed by atoms with Gasteiger partial charge in [0, 0.05) is 0 Å². The molecule has 0 radical (unpaired) electrons. The predicted octanol–water partition coefficient (Wildman–Crippen LogP) is 3.05. The second-order valence-corrected chi connectivity index (χ2v) is 4.76. The second-order valence-electron chi connectivity index (χ2n) is 4.76. The van der Waals surface area contributed by atoms with E-state index in [9.17, 15) is 0 Å². The van der Waals surface area contributed by atoms with Crippen LogP contribution in [0.4, 0.5) is 0 Å². The van der Waals surface area contributed by atoms with Gasteiger partial charge in [0.25, 0.3) is 0 Å². The van der Waals surface area contributed by atoms with E-state index in [-0.39, 0.29) is 18.3 Å². The molecule has 1 heterocycles. The van der Waals surface area contributed by atoms with E-state index in [0.29, 0.717) is 13.0 Å². The Bertz CT molecular complexity index is 399. The van der Waals surface area contributed by atoms with Gasteiger partial charge in [0.1, 0.15) is 0 Å². The first-order chi connectivity index (χ1) is 8.79. The molecule has 1 aliphatic heterocycles. The number of rotatable bonds is 4. The van der Waals surface area contributed by atoms with E-state index in [2.05, 4.69) is 13.0 Å². The van der Waals surface area contributed by atoms with Crippen LogP contribution in [0.5, 0.6) is 0 Å². The standard InChI is InChI=1S/C15H19NO2/c1-12-7-8-14(15(18-12)9-10-16)17-11-13-5-3-2-4-6-13/h2-6,12,14-15H,7-9,11H2,1H3/t12-,14+,15-/m1/s1. The van der Waals surface area contributed by atoms with E-state index in [1.165, 1.54) is 0 Å². The minimum Gasteiger partial charge on any atom is -0.371 e. The van der Waals surface area contributed by atoms with Crippen LogP contribution in [0.3, 0.4) is 0 Å². The van der Waals surface area contributed by atoms with Gasteiger partial charge < -0.3 is 9.47 Å². The maximum absolute atomic E-state index is 8.82. The van der Waals surface area contributed by atoms with Gasteiger partial charge in [-0.15, -0.1) is 0 Å². The van der Waals surface area contributed by atoms with E-state index >= 15 is 0 Å². The van der Waals surface area contributed by atoms with Crippen LogP contribution in [-0.2, 0) is 16.1 Å². The summed E-state index contributed by atoms with van der Waals surface area (Å²) in [6.07, 6.45) is 2.58. The van der Waals surface area contributed by atoms with Crippen molar-refractivity contribution in [3.8, 4) is 6.07 Å². The molecule has 3 nitrogen and oxygen atoms in total. The van der Waals surface area contributed by atoms with Crippen LogP contribution >= 0.6 is 0 Å². The molecule has 96 valence electrons. The van der Waals surface area contributed by atoms with Gasteiger partial charge in [-0.25, -0.2) is 0 Å². The Kier molecular flexibility index (Phi) is 4.74. The van der Waals surface area contributed by atoms with Crippen molar-refractivity contribution in [1.29, 1.82) is 5.26 Å². The highest BCUT2D eigenvalue weighted by Crippen LogP contribution is 2.24. The molecule has 1 fully saturated rings. The summed E-state index contributed by atoms with van der Waals surface area (Å²) in [7, 11) is 0. The fourth-order valence-corrected chi connectivity index (χ4v) is 2.28. The first kappa shape index (κ1) is 13.1. The smallest absolute Gasteiger partial charge is 0.0969 e. The van der Waals surface area contributed by atoms with Crippen molar-refractivity contribution in [2.24, 2.45) is 0 Å². The molecule has 0 aliphatic carbocycles. The molecule has 0 N–H and O–H groups in total. The molecule has 2 rings (SSSR count). The number of nitriles is 1. The molecule has 3 atom stereocenters. The van der Waals surface area contributed by atoms with E-state index < -0.39 is 0 Å². The molecule has 18 heavy (non-hydrogen) atoms. The Morgan fingerprint density at radius 2 is 2.11 bits per heavy atom. The fraction of sp³-hybridized carbons (Fsp3) is 0.533. The van der Waals surface area contributed by atoms with Crippen LogP contribution in [-0.4, -0.2) is 18.3 Å². The molecule has 0 unspecified atom stereocenters. The highest BCUT2D eigenvalue weighted by Gasteiger charge is 2.29. The van der Waals surface area contributed by atoms with E-state index in [0.717, 1.165) is 18.4 Å². The SMILES string of the molecule is C[C@@H]1CC[C@H](OCc2ccccc2)[C@@H](CC#N)O1. The van der Waals surface area contributed by atoms with Crippen LogP contribution in [0.2, 0.25) is 0 Å². The van der Waals surface area contributed by atoms with Gasteiger partial charge in [-0.2, -0.15) is 5.26 Å². The Morgan fingerprint density at radius 1 is 1.33 bits per heavy atom. The van der Waals surface area contributed by atoms with Crippen LogP contribution in [0.15, 0.2) is 30.3 Å². The summed E-state index contributed by atoms with van der Waals surface area (Å²) < 4.78 is 11.7. The molecule has 1 aliphatic rings. The molecule has 0 amide bonds. The fourth-order valence-electron chi connectivity index (χ4n) is 2.28.